The van der Waals surface area contributed by atoms with Crippen molar-refractivity contribution in [2.75, 3.05) is 14.2 Å². The van der Waals surface area contributed by atoms with E-state index in [0.717, 1.165) is 12.3 Å². The highest BCUT2D eigenvalue weighted by molar-refractivity contribution is 4.97. The number of terminal acetylenes is 1. The second-order valence-corrected chi connectivity index (χ2v) is 3.34. The summed E-state index contributed by atoms with van der Waals surface area (Å²) in [5.74, 6) is 3.41. The first-order chi connectivity index (χ1) is 5.83. The summed E-state index contributed by atoms with van der Waals surface area (Å²) in [5, 5.41) is 3.21. The van der Waals surface area contributed by atoms with Gasteiger partial charge in [0.05, 0.1) is 6.10 Å². The summed E-state index contributed by atoms with van der Waals surface area (Å²) in [6.07, 6.45) is 8.92. The van der Waals surface area contributed by atoms with E-state index >= 15 is 0 Å². The van der Waals surface area contributed by atoms with Gasteiger partial charge < -0.3 is 10.1 Å². The van der Waals surface area contributed by atoms with Gasteiger partial charge >= 0.3 is 0 Å². The predicted molar refractivity (Wildman–Crippen MR) is 49.8 cm³/mol. The number of hydrogen-bond donors (Lipinski definition) is 1. The molecule has 0 aromatic carbocycles. The van der Waals surface area contributed by atoms with Crippen molar-refractivity contribution in [2.24, 2.45) is 5.92 Å². The molecule has 0 saturated heterocycles. The Labute approximate surface area is 74.7 Å². The van der Waals surface area contributed by atoms with Gasteiger partial charge in [0.15, 0.2) is 0 Å². The van der Waals surface area contributed by atoms with Crippen molar-refractivity contribution < 1.29 is 4.74 Å². The molecule has 0 radical (unpaired) electrons. The maximum atomic E-state index is 5.42. The average Bonchev–Trinajstić information content (AvgIpc) is 2.88. The Balaban J connectivity index is 2.42. The molecule has 12 heavy (non-hydrogen) atoms. The molecule has 0 amide bonds. The molecule has 0 heterocycles. The molecule has 2 atom stereocenters. The maximum absolute atomic E-state index is 5.42. The van der Waals surface area contributed by atoms with Gasteiger partial charge in [0.2, 0.25) is 0 Å². The van der Waals surface area contributed by atoms with E-state index in [9.17, 15) is 0 Å². The van der Waals surface area contributed by atoms with Crippen LogP contribution in [-0.4, -0.2) is 26.3 Å². The molecule has 68 valence electrons. The van der Waals surface area contributed by atoms with Crippen LogP contribution >= 0.6 is 0 Å². The normalized spacial score (nSPS) is 21.4. The third-order valence-corrected chi connectivity index (χ3v) is 2.46. The minimum absolute atomic E-state index is 0.311. The van der Waals surface area contributed by atoms with E-state index in [0.29, 0.717) is 12.1 Å². The number of ether oxygens (including phenoxy) is 1. The van der Waals surface area contributed by atoms with Crippen LogP contribution in [0.5, 0.6) is 0 Å². The van der Waals surface area contributed by atoms with Gasteiger partial charge in [0, 0.05) is 19.6 Å². The van der Waals surface area contributed by atoms with E-state index in [-0.39, 0.29) is 0 Å². The van der Waals surface area contributed by atoms with Crippen LogP contribution in [0, 0.1) is 18.3 Å². The maximum Gasteiger partial charge on any atom is 0.0761 e. The van der Waals surface area contributed by atoms with Gasteiger partial charge in [-0.25, -0.2) is 0 Å². The van der Waals surface area contributed by atoms with E-state index < -0.39 is 0 Å². The predicted octanol–water partition coefficient (Wildman–Crippen LogP) is 1.02. The van der Waals surface area contributed by atoms with Crippen molar-refractivity contribution in [3.8, 4) is 12.3 Å². The Hall–Kier alpha value is -0.520. The number of nitrogens with one attached hydrogen (secondary N) is 1. The lowest BCUT2D eigenvalue weighted by atomic mass is 10.0. The molecule has 2 heteroatoms. The summed E-state index contributed by atoms with van der Waals surface area (Å²) in [7, 11) is 3.71. The van der Waals surface area contributed by atoms with Crippen LogP contribution in [0.3, 0.4) is 0 Å². The molecule has 0 bridgehead atoms. The second kappa shape index (κ2) is 4.49. The Morgan fingerprint density at radius 2 is 2.33 bits per heavy atom. The summed E-state index contributed by atoms with van der Waals surface area (Å²) in [5.41, 5.74) is 0. The van der Waals surface area contributed by atoms with Gasteiger partial charge in [0.1, 0.15) is 0 Å². The highest BCUT2D eigenvalue weighted by Crippen LogP contribution is 2.35. The summed E-state index contributed by atoms with van der Waals surface area (Å²) in [6, 6.07) is 0.326. The zero-order valence-electron chi connectivity index (χ0n) is 7.84. The summed E-state index contributed by atoms with van der Waals surface area (Å²) in [4.78, 5) is 0. The zero-order chi connectivity index (χ0) is 8.97. The first-order valence-corrected chi connectivity index (χ1v) is 4.47. The number of rotatable bonds is 5. The van der Waals surface area contributed by atoms with E-state index in [1.807, 2.05) is 7.05 Å². The fourth-order valence-corrected chi connectivity index (χ4v) is 1.62. The standard InChI is InChI=1S/C10H17NO/c1-4-5-9(11-2)10(12-3)8-6-7-8/h1,8-11H,5-7H2,2-3H3. The van der Waals surface area contributed by atoms with Crippen molar-refractivity contribution >= 4 is 0 Å². The molecule has 1 rings (SSSR count). The largest absolute Gasteiger partial charge is 0.380 e. The summed E-state index contributed by atoms with van der Waals surface area (Å²) >= 11 is 0. The molecule has 1 saturated carbocycles. The Bertz CT molecular complexity index is 169. The SMILES string of the molecule is C#CCC(NC)C(OC)C1CC1. The van der Waals surface area contributed by atoms with Gasteiger partial charge in [-0.1, -0.05) is 0 Å². The van der Waals surface area contributed by atoms with Gasteiger partial charge in [-0.05, 0) is 25.8 Å². The highest BCUT2D eigenvalue weighted by Gasteiger charge is 2.35. The third-order valence-electron chi connectivity index (χ3n) is 2.46. The first kappa shape index (κ1) is 9.57. The molecule has 1 N–H and O–H groups in total. The van der Waals surface area contributed by atoms with E-state index in [4.69, 9.17) is 11.2 Å². The van der Waals surface area contributed by atoms with Crippen LogP contribution in [0.1, 0.15) is 19.3 Å². The molecule has 1 aliphatic rings. The zero-order valence-corrected chi connectivity index (χ0v) is 7.84. The van der Waals surface area contributed by atoms with Gasteiger partial charge in [0.25, 0.3) is 0 Å². The average molecular weight is 167 g/mol. The molecule has 2 nitrogen and oxygen atoms in total. The van der Waals surface area contributed by atoms with Crippen molar-refractivity contribution in [2.45, 2.75) is 31.4 Å². The fourth-order valence-electron chi connectivity index (χ4n) is 1.62. The minimum atomic E-state index is 0.311. The van der Waals surface area contributed by atoms with Crippen LogP contribution in [0.4, 0.5) is 0 Å². The smallest absolute Gasteiger partial charge is 0.0761 e. The lowest BCUT2D eigenvalue weighted by Gasteiger charge is -2.23. The minimum Gasteiger partial charge on any atom is -0.380 e. The monoisotopic (exact) mass is 167 g/mol. The number of methoxy groups -OCH3 is 1. The topological polar surface area (TPSA) is 21.3 Å². The molecule has 0 aromatic heterocycles. The molecule has 2 unspecified atom stereocenters. The number of likely N-dealkylation sites (N-methyl/N-ethyl adjacent to an activating group) is 1. The van der Waals surface area contributed by atoms with E-state index in [1.54, 1.807) is 7.11 Å². The van der Waals surface area contributed by atoms with Crippen LogP contribution in [0.15, 0.2) is 0 Å². The summed E-state index contributed by atoms with van der Waals surface area (Å²) in [6.45, 7) is 0. The van der Waals surface area contributed by atoms with E-state index in [2.05, 4.69) is 11.2 Å². The molecule has 1 aliphatic carbocycles. The number of hydrogen-bond acceptors (Lipinski definition) is 2. The van der Waals surface area contributed by atoms with Crippen molar-refractivity contribution in [1.82, 2.24) is 5.32 Å². The molecular weight excluding hydrogens is 150 g/mol. The molecule has 0 aromatic rings. The van der Waals surface area contributed by atoms with Gasteiger partial charge in [-0.15, -0.1) is 12.3 Å². The third kappa shape index (κ3) is 2.23. The summed E-state index contributed by atoms with van der Waals surface area (Å²) < 4.78 is 5.42. The lowest BCUT2D eigenvalue weighted by Crippen LogP contribution is -2.39. The Morgan fingerprint density at radius 1 is 1.67 bits per heavy atom. The van der Waals surface area contributed by atoms with Crippen LogP contribution in [0.25, 0.3) is 0 Å². The van der Waals surface area contributed by atoms with Crippen LogP contribution in [-0.2, 0) is 4.74 Å². The van der Waals surface area contributed by atoms with Crippen LogP contribution < -0.4 is 5.32 Å². The van der Waals surface area contributed by atoms with Gasteiger partial charge in [-0.3, -0.25) is 0 Å². The molecule has 0 spiro atoms. The fraction of sp³-hybridized carbons (Fsp3) is 0.800. The van der Waals surface area contributed by atoms with Crippen molar-refractivity contribution in [1.29, 1.82) is 0 Å². The second-order valence-electron chi connectivity index (χ2n) is 3.34. The van der Waals surface area contributed by atoms with Gasteiger partial charge in [-0.2, -0.15) is 0 Å². The Kier molecular flexibility index (Phi) is 3.58. The van der Waals surface area contributed by atoms with Crippen LogP contribution in [0.2, 0.25) is 0 Å². The van der Waals surface area contributed by atoms with Crippen molar-refractivity contribution in [3.63, 3.8) is 0 Å². The Morgan fingerprint density at radius 3 is 2.67 bits per heavy atom. The quantitative estimate of drug-likeness (QED) is 0.617. The first-order valence-electron chi connectivity index (χ1n) is 4.47. The lowest BCUT2D eigenvalue weighted by molar-refractivity contribution is 0.0548. The van der Waals surface area contributed by atoms with E-state index in [1.165, 1.54) is 12.8 Å². The molecule has 0 aliphatic heterocycles. The molecule has 1 fully saturated rings. The molecular formula is C10H17NO. The highest BCUT2D eigenvalue weighted by atomic mass is 16.5. The van der Waals surface area contributed by atoms with Crippen molar-refractivity contribution in [3.05, 3.63) is 0 Å².